The van der Waals surface area contributed by atoms with Crippen molar-refractivity contribution in [2.75, 3.05) is 0 Å². The molecule has 0 aliphatic carbocycles. The number of rotatable bonds is 4. The lowest BCUT2D eigenvalue weighted by molar-refractivity contribution is 0.105. The Bertz CT molecular complexity index is 291. The number of halogens is 3. The van der Waals surface area contributed by atoms with Gasteiger partial charge in [-0.05, 0) is 18.6 Å². The summed E-state index contributed by atoms with van der Waals surface area (Å²) in [5, 5.41) is 3.30. The van der Waals surface area contributed by atoms with Crippen LogP contribution in [-0.2, 0) is 6.54 Å². The molecule has 1 nitrogen and oxygen atoms in total. The lowest BCUT2D eigenvalue weighted by Gasteiger charge is -2.13. The highest BCUT2D eigenvalue weighted by Crippen LogP contribution is 2.14. The molecule has 1 rings (SSSR count). The molecule has 0 bridgehead atoms. The fourth-order valence-corrected chi connectivity index (χ4v) is 1.20. The predicted octanol–water partition coefficient (Wildman–Crippen LogP) is 3.08. The van der Waals surface area contributed by atoms with Crippen molar-refractivity contribution < 1.29 is 8.78 Å². The van der Waals surface area contributed by atoms with E-state index in [4.69, 9.17) is 11.6 Å². The van der Waals surface area contributed by atoms with Crippen molar-refractivity contribution in [3.8, 4) is 0 Å². The van der Waals surface area contributed by atoms with Gasteiger partial charge in [0.05, 0.1) is 6.04 Å². The average molecular weight is 220 g/mol. The van der Waals surface area contributed by atoms with Gasteiger partial charge in [-0.2, -0.15) is 0 Å². The number of alkyl halides is 2. The first kappa shape index (κ1) is 11.4. The molecule has 1 unspecified atom stereocenters. The summed E-state index contributed by atoms with van der Waals surface area (Å²) in [6, 6.07) is 6.38. The van der Waals surface area contributed by atoms with Crippen molar-refractivity contribution in [1.82, 2.24) is 5.32 Å². The second-order valence-electron chi connectivity index (χ2n) is 3.10. The number of hydrogen-bond donors (Lipinski definition) is 1. The summed E-state index contributed by atoms with van der Waals surface area (Å²) in [6.45, 7) is 1.81. The van der Waals surface area contributed by atoms with Gasteiger partial charge in [-0.25, -0.2) is 8.78 Å². The molecule has 0 spiro atoms. The third-order valence-electron chi connectivity index (χ3n) is 1.95. The molecule has 1 atom stereocenters. The standard InChI is InChI=1S/C10H12ClF2N/c1-7(10(12)13)14-6-8-4-2-3-5-9(8)11/h2-5,7,10,14H,6H2,1H3. The lowest BCUT2D eigenvalue weighted by atomic mass is 10.2. The van der Waals surface area contributed by atoms with E-state index in [1.165, 1.54) is 6.92 Å². The van der Waals surface area contributed by atoms with Crippen molar-refractivity contribution in [2.24, 2.45) is 0 Å². The van der Waals surface area contributed by atoms with Crippen LogP contribution in [0.5, 0.6) is 0 Å². The quantitative estimate of drug-likeness (QED) is 0.821. The monoisotopic (exact) mass is 219 g/mol. The van der Waals surface area contributed by atoms with Gasteiger partial charge in [-0.15, -0.1) is 0 Å². The highest BCUT2D eigenvalue weighted by atomic mass is 35.5. The lowest BCUT2D eigenvalue weighted by Crippen LogP contribution is -2.32. The van der Waals surface area contributed by atoms with E-state index >= 15 is 0 Å². The van der Waals surface area contributed by atoms with Crippen LogP contribution in [-0.4, -0.2) is 12.5 Å². The number of nitrogens with one attached hydrogen (secondary N) is 1. The van der Waals surface area contributed by atoms with E-state index in [9.17, 15) is 8.78 Å². The third-order valence-corrected chi connectivity index (χ3v) is 2.32. The highest BCUT2D eigenvalue weighted by Gasteiger charge is 2.13. The van der Waals surface area contributed by atoms with E-state index in [1.54, 1.807) is 6.07 Å². The van der Waals surface area contributed by atoms with E-state index in [2.05, 4.69) is 5.32 Å². The second-order valence-corrected chi connectivity index (χ2v) is 3.50. The van der Waals surface area contributed by atoms with Gasteiger partial charge in [-0.1, -0.05) is 29.8 Å². The Balaban J connectivity index is 2.50. The first-order valence-corrected chi connectivity index (χ1v) is 4.74. The van der Waals surface area contributed by atoms with E-state index in [0.717, 1.165) is 5.56 Å². The summed E-state index contributed by atoms with van der Waals surface area (Å²) >= 11 is 5.86. The molecular weight excluding hydrogens is 208 g/mol. The Labute approximate surface area is 87.1 Å². The topological polar surface area (TPSA) is 12.0 Å². The molecule has 0 saturated heterocycles. The minimum Gasteiger partial charge on any atom is -0.305 e. The molecule has 0 heterocycles. The summed E-state index contributed by atoms with van der Waals surface area (Å²) in [5.74, 6) is 0. The Morgan fingerprint density at radius 1 is 1.36 bits per heavy atom. The fourth-order valence-electron chi connectivity index (χ4n) is 1.00. The largest absolute Gasteiger partial charge is 0.305 e. The molecule has 0 radical (unpaired) electrons. The maximum absolute atomic E-state index is 12.1. The van der Waals surface area contributed by atoms with Gasteiger partial charge in [0.1, 0.15) is 0 Å². The van der Waals surface area contributed by atoms with Crippen LogP contribution in [0, 0.1) is 0 Å². The van der Waals surface area contributed by atoms with Crippen molar-refractivity contribution in [3.05, 3.63) is 34.9 Å². The average Bonchev–Trinajstić information content (AvgIpc) is 2.16. The van der Waals surface area contributed by atoms with Crippen LogP contribution in [0.1, 0.15) is 12.5 Å². The summed E-state index contributed by atoms with van der Waals surface area (Å²) in [5.41, 5.74) is 0.835. The van der Waals surface area contributed by atoms with Crippen LogP contribution in [0.15, 0.2) is 24.3 Å². The third kappa shape index (κ3) is 3.24. The summed E-state index contributed by atoms with van der Waals surface area (Å²) in [6.07, 6.45) is -2.35. The van der Waals surface area contributed by atoms with Gasteiger partial charge >= 0.3 is 0 Å². The van der Waals surface area contributed by atoms with Crippen LogP contribution in [0.4, 0.5) is 8.78 Å². The van der Waals surface area contributed by atoms with Crippen LogP contribution in [0.3, 0.4) is 0 Å². The second kappa shape index (κ2) is 5.27. The van der Waals surface area contributed by atoms with Gasteiger partial charge in [0.15, 0.2) is 0 Å². The first-order chi connectivity index (χ1) is 6.61. The van der Waals surface area contributed by atoms with Crippen LogP contribution < -0.4 is 5.32 Å². The predicted molar refractivity (Wildman–Crippen MR) is 53.8 cm³/mol. The Hall–Kier alpha value is -0.670. The molecule has 4 heteroatoms. The van der Waals surface area contributed by atoms with E-state index in [1.807, 2.05) is 18.2 Å². The molecular formula is C10H12ClF2N. The van der Waals surface area contributed by atoms with E-state index in [0.29, 0.717) is 11.6 Å². The SMILES string of the molecule is CC(NCc1ccccc1Cl)C(F)F. The zero-order valence-electron chi connectivity index (χ0n) is 7.81. The molecule has 1 aromatic carbocycles. The molecule has 1 N–H and O–H groups in total. The summed E-state index contributed by atoms with van der Waals surface area (Å²) < 4.78 is 24.3. The zero-order valence-corrected chi connectivity index (χ0v) is 8.56. The van der Waals surface area contributed by atoms with Crippen molar-refractivity contribution in [2.45, 2.75) is 25.9 Å². The first-order valence-electron chi connectivity index (χ1n) is 4.36. The molecule has 0 saturated carbocycles. The molecule has 0 aliphatic rings. The van der Waals surface area contributed by atoms with Crippen LogP contribution in [0.2, 0.25) is 5.02 Å². The van der Waals surface area contributed by atoms with E-state index < -0.39 is 12.5 Å². The van der Waals surface area contributed by atoms with Crippen molar-refractivity contribution >= 4 is 11.6 Å². The number of hydrogen-bond acceptors (Lipinski definition) is 1. The Kier molecular flexibility index (Phi) is 4.29. The highest BCUT2D eigenvalue weighted by molar-refractivity contribution is 6.31. The summed E-state index contributed by atoms with van der Waals surface area (Å²) in [7, 11) is 0. The van der Waals surface area contributed by atoms with Gasteiger partial charge in [-0.3, -0.25) is 0 Å². The Morgan fingerprint density at radius 2 is 2.00 bits per heavy atom. The smallest absolute Gasteiger partial charge is 0.253 e. The fraction of sp³-hybridized carbons (Fsp3) is 0.400. The normalized spacial score (nSPS) is 13.2. The van der Waals surface area contributed by atoms with Crippen LogP contribution in [0.25, 0.3) is 0 Å². The molecule has 1 aromatic rings. The van der Waals surface area contributed by atoms with E-state index in [-0.39, 0.29) is 0 Å². The molecule has 0 amide bonds. The Morgan fingerprint density at radius 3 is 2.57 bits per heavy atom. The van der Waals surface area contributed by atoms with Gasteiger partial charge in [0.2, 0.25) is 0 Å². The maximum atomic E-state index is 12.1. The number of benzene rings is 1. The minimum absolute atomic E-state index is 0.366. The van der Waals surface area contributed by atoms with Crippen molar-refractivity contribution in [1.29, 1.82) is 0 Å². The van der Waals surface area contributed by atoms with Gasteiger partial charge in [0, 0.05) is 11.6 Å². The molecule has 14 heavy (non-hydrogen) atoms. The zero-order chi connectivity index (χ0) is 10.6. The molecule has 0 aliphatic heterocycles. The van der Waals surface area contributed by atoms with Gasteiger partial charge < -0.3 is 5.32 Å². The van der Waals surface area contributed by atoms with Gasteiger partial charge in [0.25, 0.3) is 6.43 Å². The molecule has 0 aromatic heterocycles. The minimum atomic E-state index is -2.35. The van der Waals surface area contributed by atoms with Crippen molar-refractivity contribution in [3.63, 3.8) is 0 Å². The molecule has 0 fully saturated rings. The maximum Gasteiger partial charge on any atom is 0.253 e. The summed E-state index contributed by atoms with van der Waals surface area (Å²) in [4.78, 5) is 0. The van der Waals surface area contributed by atoms with Crippen LogP contribution >= 0.6 is 11.6 Å². The molecule has 78 valence electrons.